The van der Waals surface area contributed by atoms with Gasteiger partial charge in [0.2, 0.25) is 5.82 Å². The lowest BCUT2D eigenvalue weighted by molar-refractivity contribution is -0.387. The number of nitrogens with one attached hydrogen (secondary N) is 1. The molecule has 106 valence electrons. The largest absolute Gasteiger partial charge is 0.305 e. The third-order valence-corrected chi connectivity index (χ3v) is 4.07. The predicted octanol–water partition coefficient (Wildman–Crippen LogP) is 4.04. The fourth-order valence-corrected chi connectivity index (χ4v) is 2.90. The van der Waals surface area contributed by atoms with E-state index in [1.54, 1.807) is 17.4 Å². The number of thiophene rings is 1. The molecule has 4 nitrogen and oxygen atoms in total. The SMILES string of the molecule is CCC(NCc1cccc([N+](=O)[O-])c1F)c1cccs1. The predicted molar refractivity (Wildman–Crippen MR) is 77.2 cm³/mol. The molecule has 1 unspecified atom stereocenters. The van der Waals surface area contributed by atoms with Crippen molar-refractivity contribution < 1.29 is 9.31 Å². The van der Waals surface area contributed by atoms with E-state index < -0.39 is 16.4 Å². The molecule has 0 bridgehead atoms. The van der Waals surface area contributed by atoms with Gasteiger partial charge in [0.1, 0.15) is 0 Å². The van der Waals surface area contributed by atoms with Crippen LogP contribution >= 0.6 is 11.3 Å². The van der Waals surface area contributed by atoms with Gasteiger partial charge < -0.3 is 5.32 Å². The number of rotatable bonds is 6. The fraction of sp³-hybridized carbons (Fsp3) is 0.286. The van der Waals surface area contributed by atoms with Crippen molar-refractivity contribution >= 4 is 17.0 Å². The van der Waals surface area contributed by atoms with Crippen LogP contribution in [0.3, 0.4) is 0 Å². The molecule has 0 radical (unpaired) electrons. The van der Waals surface area contributed by atoms with Crippen LogP contribution in [-0.4, -0.2) is 4.92 Å². The second kappa shape index (κ2) is 6.58. The third-order valence-electron chi connectivity index (χ3n) is 3.09. The van der Waals surface area contributed by atoms with Crippen molar-refractivity contribution in [2.24, 2.45) is 0 Å². The van der Waals surface area contributed by atoms with E-state index in [1.165, 1.54) is 17.0 Å². The van der Waals surface area contributed by atoms with Crippen molar-refractivity contribution in [3.63, 3.8) is 0 Å². The molecule has 20 heavy (non-hydrogen) atoms. The minimum atomic E-state index is -0.758. The molecule has 6 heteroatoms. The molecule has 0 aliphatic heterocycles. The van der Waals surface area contributed by atoms with Gasteiger partial charge in [0.05, 0.1) is 4.92 Å². The van der Waals surface area contributed by atoms with Gasteiger partial charge in [-0.25, -0.2) is 0 Å². The van der Waals surface area contributed by atoms with Crippen LogP contribution in [0.25, 0.3) is 0 Å². The second-order valence-corrected chi connectivity index (χ2v) is 5.34. The number of halogens is 1. The van der Waals surface area contributed by atoms with E-state index in [-0.39, 0.29) is 12.6 Å². The molecule has 0 aliphatic carbocycles. The van der Waals surface area contributed by atoms with Crippen molar-refractivity contribution in [1.82, 2.24) is 5.32 Å². The fourth-order valence-electron chi connectivity index (χ4n) is 2.01. The summed E-state index contributed by atoms with van der Waals surface area (Å²) in [6.45, 7) is 2.31. The molecule has 0 spiro atoms. The first-order valence-corrected chi connectivity index (χ1v) is 7.20. The Bertz CT molecular complexity index is 587. The van der Waals surface area contributed by atoms with E-state index in [0.717, 1.165) is 6.42 Å². The molecular weight excluding hydrogens is 279 g/mol. The minimum Gasteiger partial charge on any atom is -0.305 e. The molecule has 2 rings (SSSR count). The minimum absolute atomic E-state index is 0.133. The van der Waals surface area contributed by atoms with Gasteiger partial charge in [0.25, 0.3) is 0 Å². The zero-order valence-electron chi connectivity index (χ0n) is 11.0. The molecule has 0 saturated carbocycles. The summed E-state index contributed by atoms with van der Waals surface area (Å²) in [6, 6.07) is 8.37. The highest BCUT2D eigenvalue weighted by Gasteiger charge is 2.18. The maximum atomic E-state index is 13.9. The van der Waals surface area contributed by atoms with E-state index >= 15 is 0 Å². The van der Waals surface area contributed by atoms with Crippen molar-refractivity contribution in [2.45, 2.75) is 25.9 Å². The highest BCUT2D eigenvalue weighted by molar-refractivity contribution is 7.10. The Balaban J connectivity index is 2.11. The summed E-state index contributed by atoms with van der Waals surface area (Å²) in [5, 5.41) is 15.9. The Morgan fingerprint density at radius 1 is 1.40 bits per heavy atom. The monoisotopic (exact) mass is 294 g/mol. The molecule has 0 saturated heterocycles. The van der Waals surface area contributed by atoms with Crippen molar-refractivity contribution in [1.29, 1.82) is 0 Å². The Labute approximate surface area is 120 Å². The molecule has 0 aliphatic rings. The first-order chi connectivity index (χ1) is 9.63. The number of nitro benzene ring substituents is 1. The van der Waals surface area contributed by atoms with Gasteiger partial charge in [0, 0.05) is 29.1 Å². The summed E-state index contributed by atoms with van der Waals surface area (Å²) >= 11 is 1.64. The average Bonchev–Trinajstić information content (AvgIpc) is 2.95. The number of nitrogens with zero attached hydrogens (tertiary/aromatic N) is 1. The quantitative estimate of drug-likeness (QED) is 0.646. The second-order valence-electron chi connectivity index (χ2n) is 4.36. The van der Waals surface area contributed by atoms with E-state index in [2.05, 4.69) is 5.32 Å². The number of hydrogen-bond acceptors (Lipinski definition) is 4. The molecule has 0 fully saturated rings. The summed E-state index contributed by atoms with van der Waals surface area (Å²) in [6.07, 6.45) is 0.872. The lowest BCUT2D eigenvalue weighted by Crippen LogP contribution is -2.20. The summed E-state index contributed by atoms with van der Waals surface area (Å²) in [5.41, 5.74) is -0.164. The van der Waals surface area contributed by atoms with Gasteiger partial charge in [-0.1, -0.05) is 25.1 Å². The average molecular weight is 294 g/mol. The maximum absolute atomic E-state index is 13.9. The van der Waals surface area contributed by atoms with E-state index in [9.17, 15) is 14.5 Å². The molecule has 2 aromatic rings. The summed E-state index contributed by atoms with van der Waals surface area (Å²) in [7, 11) is 0. The Kier molecular flexibility index (Phi) is 4.81. The lowest BCUT2D eigenvalue weighted by atomic mass is 10.1. The first-order valence-electron chi connectivity index (χ1n) is 6.32. The number of nitro groups is 1. The molecule has 1 aromatic heterocycles. The highest BCUT2D eigenvalue weighted by atomic mass is 32.1. The highest BCUT2D eigenvalue weighted by Crippen LogP contribution is 2.24. The Morgan fingerprint density at radius 3 is 2.80 bits per heavy atom. The summed E-state index contributed by atoms with van der Waals surface area (Å²) < 4.78 is 13.9. The maximum Gasteiger partial charge on any atom is 0.305 e. The van der Waals surface area contributed by atoms with Gasteiger partial charge in [-0.2, -0.15) is 4.39 Å². The Morgan fingerprint density at radius 2 is 2.20 bits per heavy atom. The molecule has 1 aromatic carbocycles. The van der Waals surface area contributed by atoms with Crippen LogP contribution in [0.4, 0.5) is 10.1 Å². The van der Waals surface area contributed by atoms with Gasteiger partial charge in [-0.05, 0) is 17.9 Å². The van der Waals surface area contributed by atoms with E-state index in [4.69, 9.17) is 0 Å². The van der Waals surface area contributed by atoms with Crippen LogP contribution < -0.4 is 5.32 Å². The van der Waals surface area contributed by atoms with Crippen LogP contribution in [0.15, 0.2) is 35.7 Å². The standard InChI is InChI=1S/C14H15FN2O2S/c1-2-11(13-7-4-8-20-13)16-9-10-5-3-6-12(14(10)15)17(18)19/h3-8,11,16H,2,9H2,1H3. The number of benzene rings is 1. The molecular formula is C14H15FN2O2S. The van der Waals surface area contributed by atoms with Crippen LogP contribution in [0.5, 0.6) is 0 Å². The van der Waals surface area contributed by atoms with Crippen molar-refractivity contribution in [3.05, 3.63) is 62.1 Å². The van der Waals surface area contributed by atoms with Gasteiger partial charge in [0.15, 0.2) is 0 Å². The molecule has 1 N–H and O–H groups in total. The topological polar surface area (TPSA) is 55.2 Å². The molecule has 1 heterocycles. The summed E-state index contributed by atoms with van der Waals surface area (Å²) in [4.78, 5) is 11.2. The van der Waals surface area contributed by atoms with E-state index in [1.807, 2.05) is 24.4 Å². The van der Waals surface area contributed by atoms with Crippen molar-refractivity contribution in [3.8, 4) is 0 Å². The van der Waals surface area contributed by atoms with Gasteiger partial charge in [-0.15, -0.1) is 11.3 Å². The van der Waals surface area contributed by atoms with Crippen LogP contribution in [0, 0.1) is 15.9 Å². The Hall–Kier alpha value is -1.79. The third kappa shape index (κ3) is 3.20. The normalized spacial score (nSPS) is 12.3. The van der Waals surface area contributed by atoms with Crippen LogP contribution in [0.1, 0.15) is 29.8 Å². The lowest BCUT2D eigenvalue weighted by Gasteiger charge is -2.15. The smallest absolute Gasteiger partial charge is 0.305 e. The number of hydrogen-bond donors (Lipinski definition) is 1. The molecule has 1 atom stereocenters. The van der Waals surface area contributed by atoms with Gasteiger partial charge >= 0.3 is 5.69 Å². The van der Waals surface area contributed by atoms with Crippen LogP contribution in [-0.2, 0) is 6.54 Å². The van der Waals surface area contributed by atoms with Crippen molar-refractivity contribution in [2.75, 3.05) is 0 Å². The zero-order valence-corrected chi connectivity index (χ0v) is 11.8. The molecule has 0 amide bonds. The van der Waals surface area contributed by atoms with Gasteiger partial charge in [-0.3, -0.25) is 10.1 Å². The van der Waals surface area contributed by atoms with E-state index in [0.29, 0.717) is 5.56 Å². The first kappa shape index (κ1) is 14.6. The van der Waals surface area contributed by atoms with Crippen LogP contribution in [0.2, 0.25) is 0 Å². The summed E-state index contributed by atoms with van der Waals surface area (Å²) in [5.74, 6) is -0.758. The zero-order chi connectivity index (χ0) is 14.5.